The molecule has 20 heavy (non-hydrogen) atoms. The normalized spacial score (nSPS) is 17.9. The minimum atomic E-state index is -0.205. The Labute approximate surface area is 126 Å². The first kappa shape index (κ1) is 15.6. The molecule has 0 bridgehead atoms. The lowest BCUT2D eigenvalue weighted by Crippen LogP contribution is -2.32. The highest BCUT2D eigenvalue weighted by Crippen LogP contribution is 2.46. The van der Waals surface area contributed by atoms with Crippen LogP contribution in [-0.4, -0.2) is 15.6 Å². The summed E-state index contributed by atoms with van der Waals surface area (Å²) in [5.41, 5.74) is 0.430. The first-order valence-electron chi connectivity index (χ1n) is 7.76. The van der Waals surface area contributed by atoms with E-state index in [4.69, 9.17) is 11.6 Å². The molecule has 0 amide bonds. The number of rotatable bonds is 6. The Balaban J connectivity index is 2.35. The molecule has 1 saturated carbocycles. The van der Waals surface area contributed by atoms with Gasteiger partial charge in [0.2, 0.25) is 0 Å². The standard InChI is InChI=1S/C16H25ClN2O/c1-4-9-19-14(13(17)11-18-19)15(20)16(10-12(2)3)7-5-6-8-16/h11-12H,4-10H2,1-3H3. The van der Waals surface area contributed by atoms with Crippen molar-refractivity contribution in [2.75, 3.05) is 0 Å². The monoisotopic (exact) mass is 296 g/mol. The third kappa shape index (κ3) is 2.93. The SMILES string of the molecule is CCCn1ncc(Cl)c1C(=O)C1(CC(C)C)CCCC1. The van der Waals surface area contributed by atoms with Crippen LogP contribution in [0.5, 0.6) is 0 Å². The summed E-state index contributed by atoms with van der Waals surface area (Å²) in [6, 6.07) is 0. The number of nitrogens with zero attached hydrogens (tertiary/aromatic N) is 2. The van der Waals surface area contributed by atoms with Gasteiger partial charge >= 0.3 is 0 Å². The first-order chi connectivity index (χ1) is 9.50. The van der Waals surface area contributed by atoms with Gasteiger partial charge < -0.3 is 0 Å². The highest BCUT2D eigenvalue weighted by molar-refractivity contribution is 6.33. The zero-order valence-electron chi connectivity index (χ0n) is 12.8. The van der Waals surface area contributed by atoms with Crippen LogP contribution in [0.4, 0.5) is 0 Å². The van der Waals surface area contributed by atoms with Crippen LogP contribution >= 0.6 is 11.6 Å². The second kappa shape index (κ2) is 6.30. The number of carbonyl (C=O) groups is 1. The zero-order valence-corrected chi connectivity index (χ0v) is 13.5. The van der Waals surface area contributed by atoms with Gasteiger partial charge in [0.05, 0.1) is 11.2 Å². The molecule has 0 atom stereocenters. The molecule has 0 aliphatic heterocycles. The third-order valence-corrected chi connectivity index (χ3v) is 4.56. The Bertz CT molecular complexity index is 473. The molecule has 1 heterocycles. The molecule has 3 nitrogen and oxygen atoms in total. The number of ketones is 1. The largest absolute Gasteiger partial charge is 0.292 e. The van der Waals surface area contributed by atoms with E-state index in [1.54, 1.807) is 10.9 Å². The summed E-state index contributed by atoms with van der Waals surface area (Å²) in [7, 11) is 0. The molecule has 1 aliphatic rings. The van der Waals surface area contributed by atoms with Crippen molar-refractivity contribution in [1.29, 1.82) is 0 Å². The van der Waals surface area contributed by atoms with Crippen molar-refractivity contribution in [3.05, 3.63) is 16.9 Å². The zero-order chi connectivity index (χ0) is 14.8. The number of Topliss-reactive ketones (excluding diaryl/α,β-unsaturated/α-hetero) is 1. The summed E-state index contributed by atoms with van der Waals surface area (Å²) in [5.74, 6) is 0.748. The van der Waals surface area contributed by atoms with Crippen LogP contribution in [-0.2, 0) is 6.54 Å². The average molecular weight is 297 g/mol. The van der Waals surface area contributed by atoms with E-state index in [1.165, 1.54) is 0 Å². The lowest BCUT2D eigenvalue weighted by molar-refractivity contribution is 0.0747. The van der Waals surface area contributed by atoms with Gasteiger partial charge in [0.15, 0.2) is 5.78 Å². The van der Waals surface area contributed by atoms with Crippen molar-refractivity contribution in [3.8, 4) is 0 Å². The van der Waals surface area contributed by atoms with Crippen LogP contribution in [0.25, 0.3) is 0 Å². The van der Waals surface area contributed by atoms with E-state index in [0.29, 0.717) is 16.6 Å². The van der Waals surface area contributed by atoms with Gasteiger partial charge in [-0.2, -0.15) is 5.10 Å². The molecule has 1 fully saturated rings. The summed E-state index contributed by atoms with van der Waals surface area (Å²) in [6.45, 7) is 7.23. The average Bonchev–Trinajstić information content (AvgIpc) is 2.97. The minimum Gasteiger partial charge on any atom is -0.292 e. The van der Waals surface area contributed by atoms with E-state index in [0.717, 1.165) is 45.1 Å². The van der Waals surface area contributed by atoms with Crippen molar-refractivity contribution in [2.24, 2.45) is 11.3 Å². The number of halogens is 1. The van der Waals surface area contributed by atoms with Crippen LogP contribution in [0.1, 0.15) is 69.8 Å². The van der Waals surface area contributed by atoms with Crippen LogP contribution in [0.3, 0.4) is 0 Å². The summed E-state index contributed by atoms with van der Waals surface area (Å²) in [5, 5.41) is 4.78. The second-order valence-corrected chi connectivity index (χ2v) is 6.89. The predicted octanol–water partition coefficient (Wildman–Crippen LogP) is 4.74. The Morgan fingerprint density at radius 1 is 1.45 bits per heavy atom. The van der Waals surface area contributed by atoms with E-state index < -0.39 is 0 Å². The second-order valence-electron chi connectivity index (χ2n) is 6.48. The first-order valence-corrected chi connectivity index (χ1v) is 8.14. The van der Waals surface area contributed by atoms with Gasteiger partial charge in [-0.25, -0.2) is 0 Å². The number of hydrogen-bond acceptors (Lipinski definition) is 2. The maximum Gasteiger partial charge on any atom is 0.188 e. The Kier molecular flexibility index (Phi) is 4.90. The number of carbonyl (C=O) groups excluding carboxylic acids is 1. The molecule has 0 radical (unpaired) electrons. The number of hydrogen-bond donors (Lipinski definition) is 0. The summed E-state index contributed by atoms with van der Waals surface area (Å²) in [6.07, 6.45) is 7.82. The molecular weight excluding hydrogens is 272 g/mol. The maximum absolute atomic E-state index is 13.1. The molecule has 112 valence electrons. The van der Waals surface area contributed by atoms with Crippen LogP contribution in [0.2, 0.25) is 5.02 Å². The van der Waals surface area contributed by atoms with Crippen molar-refractivity contribution in [2.45, 2.75) is 65.8 Å². The van der Waals surface area contributed by atoms with Gasteiger partial charge in [0, 0.05) is 12.0 Å². The van der Waals surface area contributed by atoms with Crippen molar-refractivity contribution in [3.63, 3.8) is 0 Å². The number of aryl methyl sites for hydroxylation is 1. The summed E-state index contributed by atoms with van der Waals surface area (Å²) < 4.78 is 1.80. The van der Waals surface area contributed by atoms with E-state index >= 15 is 0 Å². The van der Waals surface area contributed by atoms with Crippen LogP contribution in [0, 0.1) is 11.3 Å². The smallest absolute Gasteiger partial charge is 0.188 e. The van der Waals surface area contributed by atoms with E-state index in [-0.39, 0.29) is 11.2 Å². The molecule has 0 unspecified atom stereocenters. The fraction of sp³-hybridized carbons (Fsp3) is 0.750. The fourth-order valence-corrected chi connectivity index (χ4v) is 3.80. The predicted molar refractivity (Wildman–Crippen MR) is 82.2 cm³/mol. The number of aromatic nitrogens is 2. The maximum atomic E-state index is 13.1. The van der Waals surface area contributed by atoms with Gasteiger partial charge in [-0.15, -0.1) is 0 Å². The summed E-state index contributed by atoms with van der Waals surface area (Å²) >= 11 is 6.25. The fourth-order valence-electron chi connectivity index (χ4n) is 3.58. The molecule has 0 aromatic carbocycles. The Morgan fingerprint density at radius 2 is 2.10 bits per heavy atom. The van der Waals surface area contributed by atoms with Crippen molar-refractivity contribution in [1.82, 2.24) is 9.78 Å². The molecule has 0 spiro atoms. The van der Waals surface area contributed by atoms with Crippen molar-refractivity contribution >= 4 is 17.4 Å². The summed E-state index contributed by atoms with van der Waals surface area (Å²) in [4.78, 5) is 13.1. The molecule has 1 aromatic heterocycles. The quantitative estimate of drug-likeness (QED) is 0.711. The van der Waals surface area contributed by atoms with Crippen LogP contribution in [0.15, 0.2) is 6.20 Å². The molecule has 1 aliphatic carbocycles. The van der Waals surface area contributed by atoms with Gasteiger partial charge in [-0.3, -0.25) is 9.48 Å². The molecule has 1 aromatic rings. The van der Waals surface area contributed by atoms with E-state index in [9.17, 15) is 4.79 Å². The topological polar surface area (TPSA) is 34.9 Å². The van der Waals surface area contributed by atoms with Gasteiger partial charge in [-0.1, -0.05) is 45.2 Å². The molecular formula is C16H25ClN2O. The molecule has 2 rings (SSSR count). The highest BCUT2D eigenvalue weighted by atomic mass is 35.5. The minimum absolute atomic E-state index is 0.205. The Hall–Kier alpha value is -0.830. The molecule has 0 N–H and O–H groups in total. The molecule has 4 heteroatoms. The van der Waals surface area contributed by atoms with Gasteiger partial charge in [0.1, 0.15) is 5.69 Å². The van der Waals surface area contributed by atoms with Crippen LogP contribution < -0.4 is 0 Å². The lowest BCUT2D eigenvalue weighted by atomic mass is 9.74. The van der Waals surface area contributed by atoms with E-state index in [2.05, 4.69) is 25.9 Å². The van der Waals surface area contributed by atoms with Crippen molar-refractivity contribution < 1.29 is 4.79 Å². The Morgan fingerprint density at radius 3 is 2.65 bits per heavy atom. The highest BCUT2D eigenvalue weighted by Gasteiger charge is 2.43. The van der Waals surface area contributed by atoms with Gasteiger partial charge in [-0.05, 0) is 31.6 Å². The third-order valence-electron chi connectivity index (χ3n) is 4.29. The molecule has 0 saturated heterocycles. The van der Waals surface area contributed by atoms with Gasteiger partial charge in [0.25, 0.3) is 0 Å². The lowest BCUT2D eigenvalue weighted by Gasteiger charge is -2.29. The van der Waals surface area contributed by atoms with E-state index in [1.807, 2.05) is 0 Å².